The van der Waals surface area contributed by atoms with Crippen LogP contribution in [0.2, 0.25) is 0 Å². The molecular formula is C30H28F7NO6S. The second kappa shape index (κ2) is 9.82. The molecule has 244 valence electrons. The number of amides is 1. The molecule has 1 N–H and O–H groups in total. The fraction of sp³-hybridized carbons (Fsp3) is 0.533. The zero-order valence-electron chi connectivity index (χ0n) is 23.5. The van der Waals surface area contributed by atoms with E-state index in [1.165, 1.54) is 29.2 Å². The van der Waals surface area contributed by atoms with Crippen molar-refractivity contribution in [2.45, 2.75) is 78.7 Å². The van der Waals surface area contributed by atoms with Gasteiger partial charge < -0.3 is 14.7 Å². The van der Waals surface area contributed by atoms with Gasteiger partial charge in [-0.25, -0.2) is 12.8 Å². The monoisotopic (exact) mass is 663 g/mol. The number of alkyl halides is 7. The number of likely N-dealkylation sites (tertiary alicyclic amines) is 1. The molecule has 5 aliphatic rings. The molecule has 0 spiro atoms. The molecular weight excluding hydrogens is 635 g/mol. The Morgan fingerprint density at radius 2 is 1.38 bits per heavy atom. The van der Waals surface area contributed by atoms with E-state index >= 15 is 0 Å². The third kappa shape index (κ3) is 4.17. The molecule has 4 fully saturated rings. The van der Waals surface area contributed by atoms with Gasteiger partial charge in [0.15, 0.2) is 9.84 Å². The number of carbonyl (C=O) groups excluding carboxylic acids is 1. The Labute approximate surface area is 253 Å². The predicted molar refractivity (Wildman–Crippen MR) is 142 cm³/mol. The average Bonchev–Trinajstić information content (AvgIpc) is 3.41. The Kier molecular flexibility index (Phi) is 6.90. The summed E-state index contributed by atoms with van der Waals surface area (Å²) in [5, 5.41) is 9.76. The molecule has 2 heterocycles. The zero-order chi connectivity index (χ0) is 32.8. The van der Waals surface area contributed by atoms with Crippen LogP contribution in [0.3, 0.4) is 0 Å². The van der Waals surface area contributed by atoms with Crippen LogP contribution in [0, 0.1) is 10.8 Å². The van der Waals surface area contributed by atoms with Gasteiger partial charge in [0.2, 0.25) is 5.91 Å². The molecule has 2 atom stereocenters. The van der Waals surface area contributed by atoms with Gasteiger partial charge in [-0.15, -0.1) is 0 Å². The maximum atomic E-state index is 15.0. The topological polar surface area (TPSA) is 101 Å². The van der Waals surface area contributed by atoms with Crippen LogP contribution in [-0.4, -0.2) is 61.8 Å². The van der Waals surface area contributed by atoms with Gasteiger partial charge in [0.1, 0.15) is 17.1 Å². The Morgan fingerprint density at radius 1 is 0.822 bits per heavy atom. The summed E-state index contributed by atoms with van der Waals surface area (Å²) < 4.78 is 129. The van der Waals surface area contributed by atoms with Gasteiger partial charge in [0.05, 0.1) is 16.4 Å². The molecule has 0 radical (unpaired) electrons. The summed E-state index contributed by atoms with van der Waals surface area (Å²) in [6, 6.07) is 7.04. The summed E-state index contributed by atoms with van der Waals surface area (Å²) >= 11 is 0. The molecule has 45 heavy (non-hydrogen) atoms. The van der Waals surface area contributed by atoms with E-state index in [1.807, 2.05) is 0 Å². The SMILES string of the molecule is O=C(O)C12CCC(C(=O)N3CCC4(S(=O)(=O)c5ccccc5)c5ccc(C(F)(C(F)(F)F)C(F)(F)F)cc5OCC34)(CC1)CC2. The second-order valence-electron chi connectivity index (χ2n) is 12.5. The normalized spacial score (nSPS) is 29.9. The number of hydrogen-bond acceptors (Lipinski definition) is 5. The Hall–Kier alpha value is -3.36. The highest BCUT2D eigenvalue weighted by molar-refractivity contribution is 7.92. The van der Waals surface area contributed by atoms with Crippen LogP contribution in [0.4, 0.5) is 30.7 Å². The van der Waals surface area contributed by atoms with Crippen LogP contribution >= 0.6 is 0 Å². The molecule has 0 aromatic heterocycles. The minimum Gasteiger partial charge on any atom is -0.491 e. The van der Waals surface area contributed by atoms with E-state index in [4.69, 9.17) is 4.74 Å². The van der Waals surface area contributed by atoms with Gasteiger partial charge in [0.25, 0.3) is 0 Å². The fourth-order valence-corrected chi connectivity index (χ4v) is 10.2. The summed E-state index contributed by atoms with van der Waals surface area (Å²) in [5.74, 6) is -1.98. The molecule has 3 aliphatic carbocycles. The largest absolute Gasteiger partial charge is 0.491 e. The molecule has 2 aliphatic heterocycles. The molecule has 7 nitrogen and oxygen atoms in total. The number of hydrogen-bond donors (Lipinski definition) is 1. The van der Waals surface area contributed by atoms with Crippen molar-refractivity contribution in [2.75, 3.05) is 13.2 Å². The number of benzene rings is 2. The van der Waals surface area contributed by atoms with Crippen molar-refractivity contribution < 1.29 is 58.6 Å². The number of carboxylic acids is 1. The molecule has 2 unspecified atom stereocenters. The third-order valence-corrected chi connectivity index (χ3v) is 13.1. The first kappa shape index (κ1) is 31.6. The van der Waals surface area contributed by atoms with E-state index in [2.05, 4.69) is 0 Å². The number of rotatable bonds is 5. The molecule has 2 aromatic rings. The maximum absolute atomic E-state index is 15.0. The minimum absolute atomic E-state index is 0.121. The van der Waals surface area contributed by atoms with Crippen molar-refractivity contribution in [1.29, 1.82) is 0 Å². The van der Waals surface area contributed by atoms with Crippen LogP contribution in [0.1, 0.15) is 56.1 Å². The molecule has 1 amide bonds. The lowest BCUT2D eigenvalue weighted by atomic mass is 9.53. The average molecular weight is 664 g/mol. The van der Waals surface area contributed by atoms with Crippen molar-refractivity contribution in [3.63, 3.8) is 0 Å². The number of carbonyl (C=O) groups is 2. The molecule has 3 saturated carbocycles. The van der Waals surface area contributed by atoms with Crippen LogP contribution in [0.25, 0.3) is 0 Å². The lowest BCUT2D eigenvalue weighted by Crippen LogP contribution is -2.59. The van der Waals surface area contributed by atoms with E-state index in [1.54, 1.807) is 6.07 Å². The number of halogens is 7. The Balaban J connectivity index is 1.46. The standard InChI is InChI=1S/C30H28F7NO6S/c31-28(29(32,33)34,30(35,36)37)18-6-7-20-21(16-18)44-17-22-27(20,45(42,43)19-4-2-1-3-5-19)14-15-38(22)23(39)25-8-11-26(12-9-25,13-10-25)24(40)41/h1-7,16,22H,8-15,17H2,(H,40,41). The van der Waals surface area contributed by atoms with Crippen molar-refractivity contribution >= 4 is 21.7 Å². The molecule has 2 aromatic carbocycles. The maximum Gasteiger partial charge on any atom is 0.435 e. The Morgan fingerprint density at radius 3 is 1.91 bits per heavy atom. The van der Waals surface area contributed by atoms with Gasteiger partial charge >= 0.3 is 24.0 Å². The van der Waals surface area contributed by atoms with Gasteiger partial charge in [-0.2, -0.15) is 26.3 Å². The molecule has 7 rings (SSSR count). The molecule has 15 heteroatoms. The number of nitrogens with zero attached hydrogens (tertiary/aromatic N) is 1. The number of fused-ring (bicyclic) bond motifs is 6. The van der Waals surface area contributed by atoms with Crippen LogP contribution in [0.5, 0.6) is 5.75 Å². The van der Waals surface area contributed by atoms with Crippen molar-refractivity contribution in [3.05, 3.63) is 59.7 Å². The van der Waals surface area contributed by atoms with Gasteiger partial charge in [-0.3, -0.25) is 9.59 Å². The molecule has 1 saturated heterocycles. The molecule has 2 bridgehead atoms. The third-order valence-electron chi connectivity index (χ3n) is 10.6. The number of aliphatic carboxylic acids is 1. The summed E-state index contributed by atoms with van der Waals surface area (Å²) in [7, 11) is -4.50. The van der Waals surface area contributed by atoms with E-state index in [-0.39, 0.29) is 74.1 Å². The number of carboxylic acid groups (broad SMARTS) is 1. The summed E-state index contributed by atoms with van der Waals surface area (Å²) in [6.07, 6.45) is -11.4. The number of ether oxygens (including phenoxy) is 1. The lowest BCUT2D eigenvalue weighted by molar-refractivity contribution is -0.348. The summed E-state index contributed by atoms with van der Waals surface area (Å²) in [6.45, 7) is -0.717. The number of sulfone groups is 1. The minimum atomic E-state index is -6.39. The van der Waals surface area contributed by atoms with E-state index in [0.717, 1.165) is 6.07 Å². The highest BCUT2D eigenvalue weighted by atomic mass is 32.2. The van der Waals surface area contributed by atoms with E-state index in [9.17, 15) is 53.8 Å². The zero-order valence-corrected chi connectivity index (χ0v) is 24.4. The van der Waals surface area contributed by atoms with E-state index < -0.39 is 79.3 Å². The van der Waals surface area contributed by atoms with Gasteiger partial charge in [0, 0.05) is 23.1 Å². The van der Waals surface area contributed by atoms with Crippen molar-refractivity contribution in [3.8, 4) is 5.75 Å². The van der Waals surface area contributed by atoms with E-state index in [0.29, 0.717) is 0 Å². The fourth-order valence-electron chi connectivity index (χ4n) is 7.91. The second-order valence-corrected chi connectivity index (χ2v) is 14.7. The smallest absolute Gasteiger partial charge is 0.435 e. The highest BCUT2D eigenvalue weighted by Gasteiger charge is 2.74. The van der Waals surface area contributed by atoms with Gasteiger partial charge in [-0.05, 0) is 63.1 Å². The Bertz CT molecular complexity index is 1620. The first-order chi connectivity index (χ1) is 20.9. The summed E-state index contributed by atoms with van der Waals surface area (Å²) in [4.78, 5) is 27.4. The van der Waals surface area contributed by atoms with Crippen LogP contribution in [0.15, 0.2) is 53.4 Å². The van der Waals surface area contributed by atoms with Gasteiger partial charge in [-0.1, -0.05) is 30.3 Å². The van der Waals surface area contributed by atoms with Crippen molar-refractivity contribution in [2.24, 2.45) is 10.8 Å². The highest BCUT2D eigenvalue weighted by Crippen LogP contribution is 2.61. The van der Waals surface area contributed by atoms with Crippen molar-refractivity contribution in [1.82, 2.24) is 4.90 Å². The lowest BCUT2D eigenvalue weighted by Gasteiger charge is -2.52. The first-order valence-electron chi connectivity index (χ1n) is 14.3. The quantitative estimate of drug-likeness (QED) is 0.391. The van der Waals surface area contributed by atoms with Crippen LogP contribution in [-0.2, 0) is 29.8 Å². The predicted octanol–water partition coefficient (Wildman–Crippen LogP) is 6.06. The summed E-state index contributed by atoms with van der Waals surface area (Å²) in [5.41, 5.74) is -9.71. The van der Waals surface area contributed by atoms with Crippen LogP contribution < -0.4 is 4.74 Å². The first-order valence-corrected chi connectivity index (χ1v) is 15.8.